The number of carbonyl (C=O) groups is 1. The summed E-state index contributed by atoms with van der Waals surface area (Å²) in [5.41, 5.74) is 2.84. The Balaban J connectivity index is 1.65. The Morgan fingerprint density at radius 2 is 1.74 bits per heavy atom. The summed E-state index contributed by atoms with van der Waals surface area (Å²) in [5, 5.41) is 2.99. The van der Waals surface area contributed by atoms with Gasteiger partial charge in [0.05, 0.1) is 5.56 Å². The van der Waals surface area contributed by atoms with Crippen LogP contribution in [0, 0.1) is 13.8 Å². The molecule has 0 bridgehead atoms. The normalized spacial score (nSPS) is 15.7. The van der Waals surface area contributed by atoms with E-state index in [2.05, 4.69) is 34.3 Å². The maximum absolute atomic E-state index is 12.4. The predicted molar refractivity (Wildman–Crippen MR) is 97.9 cm³/mol. The number of rotatable bonds is 3. The van der Waals surface area contributed by atoms with E-state index in [1.807, 2.05) is 32.0 Å². The highest BCUT2D eigenvalue weighted by molar-refractivity contribution is 7.12. The number of likely N-dealkylation sites (N-methyl/N-ethyl adjacent to an activating group) is 1. The molecule has 0 aliphatic carbocycles. The number of piperazine rings is 1. The van der Waals surface area contributed by atoms with Gasteiger partial charge >= 0.3 is 0 Å². The fourth-order valence-corrected chi connectivity index (χ4v) is 3.80. The van der Waals surface area contributed by atoms with Crippen LogP contribution in [0.15, 0.2) is 30.3 Å². The van der Waals surface area contributed by atoms with Crippen molar-refractivity contribution in [1.82, 2.24) is 4.90 Å². The molecule has 1 amide bonds. The minimum Gasteiger partial charge on any atom is -0.369 e. The number of thiophene rings is 1. The second kappa shape index (κ2) is 6.72. The summed E-state index contributed by atoms with van der Waals surface area (Å²) in [6.45, 7) is 8.30. The lowest BCUT2D eigenvalue weighted by Gasteiger charge is -2.34. The van der Waals surface area contributed by atoms with Crippen LogP contribution in [0.25, 0.3) is 0 Å². The van der Waals surface area contributed by atoms with E-state index in [0.717, 1.165) is 47.2 Å². The second-order valence-electron chi connectivity index (χ2n) is 6.12. The first-order valence-electron chi connectivity index (χ1n) is 7.95. The number of hydrogen-bond acceptors (Lipinski definition) is 4. The van der Waals surface area contributed by atoms with Crippen molar-refractivity contribution in [2.75, 3.05) is 43.4 Å². The van der Waals surface area contributed by atoms with Gasteiger partial charge in [-0.15, -0.1) is 11.3 Å². The number of anilines is 2. The standard InChI is InChI=1S/C18H23N3OS/c1-13-12-17(14(2)23-13)18(22)19-15-4-6-16(7-5-15)21-10-8-20(3)9-11-21/h4-7,12H,8-11H2,1-3H3,(H,19,22). The fraction of sp³-hybridized carbons (Fsp3) is 0.389. The van der Waals surface area contributed by atoms with E-state index in [0.29, 0.717) is 0 Å². The third-order valence-electron chi connectivity index (χ3n) is 4.28. The molecule has 1 saturated heterocycles. The van der Waals surface area contributed by atoms with Gasteiger partial charge in [0.1, 0.15) is 0 Å². The first-order chi connectivity index (χ1) is 11.0. The monoisotopic (exact) mass is 329 g/mol. The Kier molecular flexibility index (Phi) is 4.68. The van der Waals surface area contributed by atoms with Crippen molar-refractivity contribution in [2.45, 2.75) is 13.8 Å². The Bertz CT molecular complexity index is 685. The van der Waals surface area contributed by atoms with E-state index in [1.54, 1.807) is 11.3 Å². The highest BCUT2D eigenvalue weighted by atomic mass is 32.1. The molecule has 5 heteroatoms. The van der Waals surface area contributed by atoms with Gasteiger partial charge in [-0.3, -0.25) is 4.79 Å². The molecule has 0 atom stereocenters. The number of nitrogens with zero attached hydrogens (tertiary/aromatic N) is 2. The highest BCUT2D eigenvalue weighted by Gasteiger charge is 2.15. The van der Waals surface area contributed by atoms with E-state index in [1.165, 1.54) is 5.69 Å². The van der Waals surface area contributed by atoms with Crippen molar-refractivity contribution in [3.8, 4) is 0 Å². The van der Waals surface area contributed by atoms with Crippen molar-refractivity contribution >= 4 is 28.6 Å². The van der Waals surface area contributed by atoms with Gasteiger partial charge in [-0.2, -0.15) is 0 Å². The molecule has 1 fully saturated rings. The average molecular weight is 329 g/mol. The molecule has 0 saturated carbocycles. The first kappa shape index (κ1) is 16.0. The maximum atomic E-state index is 12.4. The smallest absolute Gasteiger partial charge is 0.256 e. The number of nitrogens with one attached hydrogen (secondary N) is 1. The zero-order valence-corrected chi connectivity index (χ0v) is 14.7. The number of benzene rings is 1. The largest absolute Gasteiger partial charge is 0.369 e. The van der Waals surface area contributed by atoms with Crippen molar-refractivity contribution in [2.24, 2.45) is 0 Å². The summed E-state index contributed by atoms with van der Waals surface area (Å²) >= 11 is 1.66. The van der Waals surface area contributed by atoms with Gasteiger partial charge in [-0.05, 0) is 51.2 Å². The molecule has 122 valence electrons. The van der Waals surface area contributed by atoms with Gasteiger partial charge in [0.25, 0.3) is 5.91 Å². The summed E-state index contributed by atoms with van der Waals surface area (Å²) in [4.78, 5) is 19.3. The Morgan fingerprint density at radius 1 is 1.09 bits per heavy atom. The minimum atomic E-state index is -0.0285. The number of carbonyl (C=O) groups excluding carboxylic acids is 1. The molecule has 1 aromatic carbocycles. The van der Waals surface area contributed by atoms with Gasteiger partial charge in [0.15, 0.2) is 0 Å². The molecule has 23 heavy (non-hydrogen) atoms. The number of amides is 1. The molecular weight excluding hydrogens is 306 g/mol. The molecule has 3 rings (SSSR count). The Labute approximate surface area is 141 Å². The Hall–Kier alpha value is -1.85. The van der Waals surface area contributed by atoms with E-state index >= 15 is 0 Å². The molecule has 4 nitrogen and oxygen atoms in total. The van der Waals surface area contributed by atoms with Gasteiger partial charge in [-0.1, -0.05) is 0 Å². The fourth-order valence-electron chi connectivity index (χ4n) is 2.87. The molecule has 2 aromatic rings. The first-order valence-corrected chi connectivity index (χ1v) is 8.76. The Morgan fingerprint density at radius 3 is 2.30 bits per heavy atom. The van der Waals surface area contributed by atoms with Crippen LogP contribution in [0.1, 0.15) is 20.1 Å². The quantitative estimate of drug-likeness (QED) is 0.938. The van der Waals surface area contributed by atoms with E-state index < -0.39 is 0 Å². The topological polar surface area (TPSA) is 35.6 Å². The summed E-state index contributed by atoms with van der Waals surface area (Å²) in [5.74, 6) is -0.0285. The van der Waals surface area contributed by atoms with Crippen molar-refractivity contribution in [1.29, 1.82) is 0 Å². The lowest BCUT2D eigenvalue weighted by Crippen LogP contribution is -2.44. The van der Waals surface area contributed by atoms with Crippen molar-refractivity contribution in [3.05, 3.63) is 45.6 Å². The van der Waals surface area contributed by atoms with Crippen LogP contribution in [-0.4, -0.2) is 44.0 Å². The second-order valence-corrected chi connectivity index (χ2v) is 7.58. The highest BCUT2D eigenvalue weighted by Crippen LogP contribution is 2.23. The van der Waals surface area contributed by atoms with Crippen LogP contribution in [0.4, 0.5) is 11.4 Å². The van der Waals surface area contributed by atoms with E-state index in [4.69, 9.17) is 0 Å². The third-order valence-corrected chi connectivity index (χ3v) is 5.25. The zero-order valence-electron chi connectivity index (χ0n) is 13.9. The van der Waals surface area contributed by atoms with Crippen LogP contribution in [-0.2, 0) is 0 Å². The minimum absolute atomic E-state index is 0.0285. The van der Waals surface area contributed by atoms with E-state index in [-0.39, 0.29) is 5.91 Å². The predicted octanol–water partition coefficient (Wildman–Crippen LogP) is 3.37. The molecule has 0 unspecified atom stereocenters. The van der Waals surface area contributed by atoms with Crippen LogP contribution in [0.5, 0.6) is 0 Å². The molecule has 1 aromatic heterocycles. The van der Waals surface area contributed by atoms with Crippen LogP contribution < -0.4 is 10.2 Å². The van der Waals surface area contributed by atoms with Crippen LogP contribution in [0.2, 0.25) is 0 Å². The molecule has 1 aliphatic heterocycles. The average Bonchev–Trinajstić information content (AvgIpc) is 2.88. The third kappa shape index (κ3) is 3.74. The van der Waals surface area contributed by atoms with Gasteiger partial charge < -0.3 is 15.1 Å². The molecule has 0 radical (unpaired) electrons. The maximum Gasteiger partial charge on any atom is 0.256 e. The van der Waals surface area contributed by atoms with Crippen LogP contribution >= 0.6 is 11.3 Å². The summed E-state index contributed by atoms with van der Waals surface area (Å²) in [6, 6.07) is 10.1. The van der Waals surface area contributed by atoms with Crippen LogP contribution in [0.3, 0.4) is 0 Å². The lowest BCUT2D eigenvalue weighted by atomic mass is 10.2. The summed E-state index contributed by atoms with van der Waals surface area (Å²) in [7, 11) is 2.16. The summed E-state index contributed by atoms with van der Waals surface area (Å²) in [6.07, 6.45) is 0. The van der Waals surface area contributed by atoms with Crippen molar-refractivity contribution in [3.63, 3.8) is 0 Å². The molecule has 2 heterocycles. The van der Waals surface area contributed by atoms with Gasteiger partial charge in [0, 0.05) is 47.3 Å². The molecule has 1 aliphatic rings. The van der Waals surface area contributed by atoms with Crippen molar-refractivity contribution < 1.29 is 4.79 Å². The summed E-state index contributed by atoms with van der Waals surface area (Å²) < 4.78 is 0. The molecule has 0 spiro atoms. The van der Waals surface area contributed by atoms with E-state index in [9.17, 15) is 4.79 Å². The number of hydrogen-bond donors (Lipinski definition) is 1. The SMILES string of the molecule is Cc1cc(C(=O)Nc2ccc(N3CCN(C)CC3)cc2)c(C)s1. The van der Waals surface area contributed by atoms with Gasteiger partial charge in [0.2, 0.25) is 0 Å². The lowest BCUT2D eigenvalue weighted by molar-refractivity contribution is 0.102. The van der Waals surface area contributed by atoms with Gasteiger partial charge in [-0.25, -0.2) is 0 Å². The molecule has 1 N–H and O–H groups in total. The molecular formula is C18H23N3OS. The zero-order chi connectivity index (χ0) is 16.4. The number of aryl methyl sites for hydroxylation is 2.